The standard InChI is InChI=1S/C47H64ClN5O4S.C36H52ClN3O4S.C33H48ClN3O4S/c1-35-16-19-43(44(48)36(35)2)57-46(56)52-29-30-53(41(33-52)42(54)18-17-39-14-11-31-58-39)45(55)40(15-7-10-27-50-25-8-4-9-26-50)49-38-20-22-47(23-21-38)24-28-51(34-47)32-37-12-5-3-6-13-37;1-25(2)12-7-5-10-16-30(38-28-13-8-6-9-14-28)35(42)40-22-21-39(24-31(40)32(41)19-18-29-15-11-23-45-29)36(43)44-33-20-17-26(3)27(4)34(33)37;1-22(2)11-8-7-9-13-27(35-23(3)4)32(39)37-19-18-36(21-28(37)29(38)16-15-26-12-10-20-42-26)33(40)41-30-17-14-24(5)25(6)31(30)34/h3,5-6,11-14,16,19,31,38,40-41,49H,4,7-10,15,17-18,20-30,32-34H2,1-2H3;11,15,17,20,23,25,28,30-31,38H,5-10,12-14,16,18-19,21-22,24H2,1-4H3;10,12,14,17,20,22-23,27-28,35H,7-9,11,13,15-16,18-19,21H2,1-6H3/t38?,40-,41+,47?;30-,31+;27-,28+/m111/s1. The van der Waals surface area contributed by atoms with Crippen LogP contribution in [0.3, 0.4) is 0 Å². The number of benzene rings is 4. The summed E-state index contributed by atoms with van der Waals surface area (Å²) >= 11 is 24.4. The van der Waals surface area contributed by atoms with E-state index in [1.54, 1.807) is 76.7 Å². The monoisotopic (exact) mass is 2100 g/mol. The van der Waals surface area contributed by atoms with E-state index in [1.165, 1.54) is 94.2 Å². The summed E-state index contributed by atoms with van der Waals surface area (Å²) in [5, 5.41) is 18.3. The van der Waals surface area contributed by atoms with E-state index >= 15 is 0 Å². The van der Waals surface area contributed by atoms with Gasteiger partial charge >= 0.3 is 18.3 Å². The van der Waals surface area contributed by atoms with Crippen molar-refractivity contribution < 1.29 is 57.4 Å². The van der Waals surface area contributed by atoms with Gasteiger partial charge in [0.25, 0.3) is 0 Å². The number of ketones is 3. The SMILES string of the molecule is Cc1ccc(OC(=O)N2CCN(C(=O)[C@@H](CCCCCC(C)C)NC(C)C)[C@H](C(=O)CCc3cccs3)C2)c(Cl)c1C.Cc1ccc(OC(=O)N2CCN(C(=O)[C@@H](CCCCCC(C)C)NC3CCCCC3)[C@H](C(=O)CCc3cccs3)C2)c(Cl)c1C.Cc1ccc(OC(=O)N2CCN(C(=O)[C@@H](CCCCN3CCCCC3)NC3CCC4(CC3)CCN(Cc3ccccc3)C4)[C@H](C(=O)CCc3cccs3)C2)c(Cl)c1C. The molecule has 4 aromatic carbocycles. The highest BCUT2D eigenvalue weighted by Gasteiger charge is 2.47. The van der Waals surface area contributed by atoms with E-state index in [-0.39, 0.29) is 111 Å². The maximum Gasteiger partial charge on any atom is 0.415 e. The Bertz CT molecular complexity index is 5260. The second-order valence-electron chi connectivity index (χ2n) is 43.0. The lowest BCUT2D eigenvalue weighted by Crippen LogP contribution is -2.63. The first kappa shape index (κ1) is 116. The third kappa shape index (κ3) is 35.0. The lowest BCUT2D eigenvalue weighted by Gasteiger charge is -2.43. The molecule has 2 aliphatic carbocycles. The third-order valence-electron chi connectivity index (χ3n) is 30.9. The number of Topliss-reactive ketones (excluding diaryl/α,β-unsaturated/α-hetero) is 3. The molecule has 1 spiro atoms. The van der Waals surface area contributed by atoms with Crippen molar-refractivity contribution in [3.63, 3.8) is 0 Å². The molecule has 29 heteroatoms. The molecule has 23 nitrogen and oxygen atoms in total. The third-order valence-corrected chi connectivity index (χ3v) is 35.1. The predicted molar refractivity (Wildman–Crippen MR) is 589 cm³/mol. The lowest BCUT2D eigenvalue weighted by molar-refractivity contribution is -0.144. The van der Waals surface area contributed by atoms with Crippen LogP contribution in [-0.4, -0.2) is 239 Å². The van der Waals surface area contributed by atoms with Crippen LogP contribution in [0.25, 0.3) is 0 Å². The first-order valence-electron chi connectivity index (χ1n) is 54.3. The second kappa shape index (κ2) is 58.3. The predicted octanol–water partition coefficient (Wildman–Crippen LogP) is 24.0. The van der Waals surface area contributed by atoms with Crippen LogP contribution in [0.1, 0.15) is 281 Å². The summed E-state index contributed by atoms with van der Waals surface area (Å²) in [4.78, 5) is 144. The average Bonchev–Trinajstić information content (AvgIpc) is 1.72. The molecule has 3 N–H and O–H groups in total. The number of piperidine rings is 1. The highest BCUT2D eigenvalue weighted by atomic mass is 35.5. The fourth-order valence-corrected chi connectivity index (χ4v) is 24.4. The van der Waals surface area contributed by atoms with Crippen LogP contribution in [0.15, 0.2) is 119 Å². The summed E-state index contributed by atoms with van der Waals surface area (Å²) < 4.78 is 17.2. The van der Waals surface area contributed by atoms with Gasteiger partial charge in [-0.15, -0.1) is 34.0 Å². The van der Waals surface area contributed by atoms with E-state index in [4.69, 9.17) is 49.0 Å². The highest BCUT2D eigenvalue weighted by molar-refractivity contribution is 7.10. The van der Waals surface area contributed by atoms with Gasteiger partial charge in [-0.05, 0) is 279 Å². The fraction of sp³-hybridized carbons (Fsp3) is 0.612. The maximum absolute atomic E-state index is 14.9. The zero-order chi connectivity index (χ0) is 104. The first-order valence-corrected chi connectivity index (χ1v) is 58.1. The van der Waals surface area contributed by atoms with E-state index in [0.29, 0.717) is 107 Å². The zero-order valence-electron chi connectivity index (χ0n) is 88.5. The molecule has 0 radical (unpaired) electrons. The van der Waals surface area contributed by atoms with Gasteiger partial charge < -0.3 is 64.5 Å². The van der Waals surface area contributed by atoms with Crippen LogP contribution in [0, 0.1) is 58.8 Å². The smallest absolute Gasteiger partial charge is 0.409 e. The Labute approximate surface area is 891 Å². The van der Waals surface area contributed by atoms with Gasteiger partial charge in [0.1, 0.15) is 18.1 Å². The number of aryl methyl sites for hydroxylation is 6. The van der Waals surface area contributed by atoms with E-state index in [2.05, 4.69) is 83.8 Å². The molecule has 7 fully saturated rings. The molecule has 7 aliphatic rings. The summed E-state index contributed by atoms with van der Waals surface area (Å²) in [6.07, 6.45) is 29.5. The Morgan fingerprint density at radius 1 is 0.386 bits per heavy atom. The van der Waals surface area contributed by atoms with Gasteiger partial charge in [-0.3, -0.25) is 33.7 Å². The number of carbonyl (C=O) groups excluding carboxylic acids is 9. The number of hydrogen-bond acceptors (Lipinski definition) is 20. The Morgan fingerprint density at radius 3 is 1.14 bits per heavy atom. The maximum atomic E-state index is 14.9. The number of unbranched alkanes of at least 4 members (excludes halogenated alkanes) is 5. The minimum absolute atomic E-state index is 0.00661. The molecule has 5 aliphatic heterocycles. The Balaban J connectivity index is 0.000000197. The number of piperazine rings is 3. The van der Waals surface area contributed by atoms with Crippen LogP contribution in [-0.2, 0) is 54.6 Å². The largest absolute Gasteiger partial charge is 0.415 e. The van der Waals surface area contributed by atoms with E-state index in [9.17, 15) is 43.2 Å². The molecule has 3 aromatic heterocycles. The zero-order valence-corrected chi connectivity index (χ0v) is 93.2. The Hall–Kier alpha value is -8.12. The lowest BCUT2D eigenvalue weighted by atomic mass is 9.72. The molecule has 794 valence electrons. The van der Waals surface area contributed by atoms with Crippen molar-refractivity contribution in [2.75, 3.05) is 91.6 Å². The van der Waals surface area contributed by atoms with Crippen molar-refractivity contribution in [2.24, 2.45) is 17.3 Å². The van der Waals surface area contributed by atoms with Crippen molar-refractivity contribution in [2.45, 2.75) is 349 Å². The Kier molecular flexibility index (Phi) is 46.5. The topological polar surface area (TPSA) is 243 Å². The van der Waals surface area contributed by atoms with Crippen molar-refractivity contribution in [1.82, 2.24) is 55.1 Å². The molecule has 7 aromatic rings. The number of amides is 6. The summed E-state index contributed by atoms with van der Waals surface area (Å²) in [7, 11) is 0. The molecule has 2 saturated carbocycles. The molecular weight excluding hydrogens is 1940 g/mol. The second-order valence-corrected chi connectivity index (χ2v) is 47.2. The number of likely N-dealkylation sites (tertiary alicyclic amines) is 2. The summed E-state index contributed by atoms with van der Waals surface area (Å²) in [5.41, 5.74) is 7.34. The first-order chi connectivity index (χ1) is 69.8. The van der Waals surface area contributed by atoms with Crippen LogP contribution in [0.2, 0.25) is 15.1 Å². The Morgan fingerprint density at radius 2 is 0.759 bits per heavy atom. The van der Waals surface area contributed by atoms with Crippen molar-refractivity contribution in [3.05, 3.63) is 188 Å². The minimum atomic E-state index is -0.745. The van der Waals surface area contributed by atoms with E-state index in [0.717, 1.165) is 171 Å². The van der Waals surface area contributed by atoms with Gasteiger partial charge in [-0.1, -0.05) is 227 Å². The van der Waals surface area contributed by atoms with Crippen molar-refractivity contribution in [3.8, 4) is 17.2 Å². The molecule has 6 atom stereocenters. The fourth-order valence-electron chi connectivity index (χ4n) is 21.6. The quantitative estimate of drug-likeness (QED) is 0.0301. The molecule has 0 bridgehead atoms. The van der Waals surface area contributed by atoms with Gasteiger partial charge in [0.15, 0.2) is 34.6 Å². The van der Waals surface area contributed by atoms with E-state index in [1.807, 2.05) is 126 Å². The molecular formula is C116H164Cl3N11O12S3. The van der Waals surface area contributed by atoms with Crippen LogP contribution in [0.4, 0.5) is 14.4 Å². The van der Waals surface area contributed by atoms with Gasteiger partial charge in [-0.25, -0.2) is 14.4 Å². The summed E-state index contributed by atoms with van der Waals surface area (Å²) in [6, 6.07) is 31.0. The number of rotatable bonds is 43. The van der Waals surface area contributed by atoms with Gasteiger partial charge in [-0.2, -0.15) is 0 Å². The normalized spacial score (nSPS) is 19.8. The number of ether oxygens (including phenoxy) is 3. The number of nitrogens with zero attached hydrogens (tertiary/aromatic N) is 8. The van der Waals surface area contributed by atoms with Crippen LogP contribution < -0.4 is 30.2 Å². The molecule has 8 heterocycles. The summed E-state index contributed by atoms with van der Waals surface area (Å²) in [6.45, 7) is 33.3. The summed E-state index contributed by atoms with van der Waals surface area (Å²) in [5.74, 6) is 2.09. The van der Waals surface area contributed by atoms with Gasteiger partial charge in [0.2, 0.25) is 17.7 Å². The number of thiophene rings is 3. The number of nitrogens with one attached hydrogen (secondary N) is 3. The molecule has 5 saturated heterocycles. The van der Waals surface area contributed by atoms with Gasteiger partial charge in [0.05, 0.1) is 52.8 Å². The highest BCUT2D eigenvalue weighted by Crippen LogP contribution is 2.45. The molecule has 0 unspecified atom stereocenters. The molecule has 145 heavy (non-hydrogen) atoms. The number of halogens is 3. The van der Waals surface area contributed by atoms with Crippen molar-refractivity contribution >= 4 is 122 Å². The molecule has 14 rings (SSSR count). The van der Waals surface area contributed by atoms with Gasteiger partial charge in [0, 0.05) is 104 Å². The van der Waals surface area contributed by atoms with Crippen LogP contribution >= 0.6 is 68.8 Å². The minimum Gasteiger partial charge on any atom is -0.409 e. The average molecular weight is 2110 g/mol. The number of carbonyl (C=O) groups is 9. The van der Waals surface area contributed by atoms with E-state index < -0.39 is 36.4 Å². The molecule has 6 amide bonds. The number of hydrogen-bond donors (Lipinski definition) is 3. The van der Waals surface area contributed by atoms with Crippen LogP contribution in [0.5, 0.6) is 17.2 Å². The van der Waals surface area contributed by atoms with Crippen molar-refractivity contribution in [1.29, 1.82) is 0 Å².